The number of carbonyl (C=O) groups excluding carboxylic acids is 15. The van der Waals surface area contributed by atoms with E-state index in [1.54, 1.807) is 52.0 Å². The molecule has 1 fully saturated rings. The zero-order valence-corrected chi connectivity index (χ0v) is 64.1. The summed E-state index contributed by atoms with van der Waals surface area (Å²) in [5.41, 5.74) is 18.2. The number of aromatic nitrogens is 5. The van der Waals surface area contributed by atoms with E-state index in [0.717, 1.165) is 28.5 Å². The Morgan fingerprint density at radius 1 is 0.622 bits per heavy atom. The predicted octanol–water partition coefficient (Wildman–Crippen LogP) is -5.78. The Hall–Kier alpha value is -11.4. The molecule has 41 nitrogen and oxygen atoms in total. The number of nitrogens with zero attached hydrogens (tertiary/aromatic N) is 2. The lowest BCUT2D eigenvalue weighted by Gasteiger charge is -2.29. The first-order valence-electron chi connectivity index (χ1n) is 35.6. The summed E-state index contributed by atoms with van der Waals surface area (Å²) in [4.78, 5) is 242. The topological polar surface area (TPSA) is 657 Å². The van der Waals surface area contributed by atoms with Crippen molar-refractivity contribution in [3.63, 3.8) is 0 Å². The van der Waals surface area contributed by atoms with Crippen molar-refractivity contribution in [2.45, 2.75) is 192 Å². The van der Waals surface area contributed by atoms with Crippen LogP contribution in [0.25, 0.3) is 10.9 Å². The van der Waals surface area contributed by atoms with Crippen LogP contribution in [0.2, 0.25) is 0 Å². The number of rotatable bonds is 26. The number of amides is 15. The van der Waals surface area contributed by atoms with Crippen molar-refractivity contribution in [1.82, 2.24) is 99.4 Å². The van der Waals surface area contributed by atoms with Crippen LogP contribution in [0.4, 0.5) is 0 Å². The molecule has 43 heteroatoms. The summed E-state index contributed by atoms with van der Waals surface area (Å²) in [6.07, 6.45) is 1.80. The Kier molecular flexibility index (Phi) is 36.0. The molecule has 4 heterocycles. The fraction of sp³-hybridized carbons (Fsp3) is 0.544. The van der Waals surface area contributed by atoms with Crippen molar-refractivity contribution < 1.29 is 86.9 Å². The maximum Gasteiger partial charge on any atom is 0.305 e. The minimum Gasteiger partial charge on any atom is -0.481 e. The van der Waals surface area contributed by atoms with Gasteiger partial charge in [0, 0.05) is 85.1 Å². The van der Waals surface area contributed by atoms with E-state index in [1.165, 1.54) is 52.0 Å². The van der Waals surface area contributed by atoms with Crippen molar-refractivity contribution in [3.8, 4) is 0 Å². The van der Waals surface area contributed by atoms with Crippen molar-refractivity contribution in [1.29, 1.82) is 5.41 Å². The number of carbonyl (C=O) groups is 16. The van der Waals surface area contributed by atoms with Crippen LogP contribution in [-0.2, 0) is 96.0 Å². The molecule has 26 N–H and O–H groups in total. The summed E-state index contributed by atoms with van der Waals surface area (Å²) < 4.78 is 0. The van der Waals surface area contributed by atoms with Gasteiger partial charge in [0.25, 0.3) is 0 Å². The van der Waals surface area contributed by atoms with E-state index in [2.05, 4.69) is 99.4 Å². The third-order valence-electron chi connectivity index (χ3n) is 17.4. The second kappa shape index (κ2) is 44.3. The van der Waals surface area contributed by atoms with Gasteiger partial charge in [-0.15, -0.1) is 0 Å². The fourth-order valence-corrected chi connectivity index (χ4v) is 13.7. The number of aromatic amines is 3. The molecular formula is C68H101N23O18S2. The summed E-state index contributed by atoms with van der Waals surface area (Å²) in [5, 5.41) is 64.1. The number of para-hydroxylation sites is 1. The third kappa shape index (κ3) is 29.9. The number of hydrogen-bond acceptors (Lipinski definition) is 22. The molecule has 0 aliphatic carbocycles. The first kappa shape index (κ1) is 90.2. The average Bonchev–Trinajstić information content (AvgIpc) is 1.74. The van der Waals surface area contributed by atoms with E-state index in [0.29, 0.717) is 22.9 Å². The zero-order chi connectivity index (χ0) is 82.3. The Balaban J connectivity index is 1.68. The summed E-state index contributed by atoms with van der Waals surface area (Å²) in [5.74, 6) is -20.8. The number of carboxylic acids is 1. The Labute approximate surface area is 645 Å². The van der Waals surface area contributed by atoms with Crippen molar-refractivity contribution >= 4 is 133 Å². The number of hydrogen-bond donors (Lipinski definition) is 23. The minimum absolute atomic E-state index is 0.0155. The Morgan fingerprint density at radius 2 is 1.16 bits per heavy atom. The molecule has 15 amide bonds. The highest BCUT2D eigenvalue weighted by atomic mass is 33.1. The second-order valence-corrected chi connectivity index (χ2v) is 29.9. The van der Waals surface area contributed by atoms with Crippen LogP contribution in [-0.4, -0.2) is 239 Å². The number of carboxylic acid groups (broad SMARTS) is 1. The molecule has 608 valence electrons. The molecule has 1 aliphatic heterocycles. The summed E-state index contributed by atoms with van der Waals surface area (Å²) in [6, 6.07) is -13.4. The maximum absolute atomic E-state index is 14.9. The van der Waals surface area contributed by atoms with E-state index in [-0.39, 0.29) is 56.5 Å². The average molecular weight is 1590 g/mol. The van der Waals surface area contributed by atoms with Gasteiger partial charge in [-0.25, -0.2) is 9.97 Å². The van der Waals surface area contributed by atoms with Crippen LogP contribution >= 0.6 is 21.6 Å². The molecule has 0 bridgehead atoms. The van der Waals surface area contributed by atoms with Crippen LogP contribution in [0.3, 0.4) is 0 Å². The Morgan fingerprint density at radius 3 is 1.71 bits per heavy atom. The molecule has 1 saturated heterocycles. The number of guanidine groups is 1. The molecule has 0 spiro atoms. The number of nitrogens with two attached hydrogens (primary N) is 3. The highest BCUT2D eigenvalue weighted by molar-refractivity contribution is 8.76. The summed E-state index contributed by atoms with van der Waals surface area (Å²) in [6.45, 7) is 11.1. The number of fused-ring (bicyclic) bond motifs is 1. The SMILES string of the molecule is CC[C@H](C)[C@H](NC(C)=O)C(=O)N[C@H]1CSSC[C@@H](C(=O)N[C@H](C(N)=O)[C@@H](C)O)NC(=O)[C@H](CCCNC(=N)N)NC(=O)[C@H](Cc2cnc[nH]2)NC(=O)[C@H](Cc2cnc[nH]2)NC(=O)CNC(=O)[C@H](Cc2c[nH]c3ccccc23)NC(=O)[C@H](CC(=O)O)NC(=O)[C@H](CC(N)=O)NC(=O)[C@H](C(C)C)NC(=O)[C@H](CC(C)C)NC1=O. The minimum atomic E-state index is -2.09. The largest absolute Gasteiger partial charge is 0.481 e. The molecule has 5 rings (SSSR count). The van der Waals surface area contributed by atoms with Gasteiger partial charge in [-0.2, -0.15) is 0 Å². The standard InChI is InChI=1S/C68H101N23O18S2/c1-9-33(6)54(80-35(8)93)67(109)89-48-27-110-111-28-49(65(107)91-55(34(7)92)56(70)98)88-58(100)41(15-12-16-75-68(71)72)82-60(102)45(20-38-25-74-30-79-38)85-59(101)44(19-37-24-73-29-78-37)81-51(95)26-77-57(99)43(18-36-23-76-40-14-11-10-13-39(36)40)84-62(104)47(22-52(96)97)86-61(103)46(21-50(69)94)87-66(108)53(32(4)5)90-63(105)42(17-31(2)3)83-64(48)106/h10-11,13-14,23-25,29-34,41-49,53-55,76,92H,9,12,15-22,26-28H2,1-8H3,(H2,69,94)(H2,70,98)(H,73,78)(H,74,79)(H,77,99)(H,80,93)(H,81,95)(H,82,102)(H,83,106)(H,84,104)(H,85,101)(H,86,103)(H,87,108)(H,88,100)(H,89,109)(H,90,105)(H,91,107)(H,96,97)(H4,71,72,75)/t33-,34+,41-,42-,43-,44-,45-,46-,47-,48-,49-,53-,54-,55-/m0/s1. The predicted molar refractivity (Wildman–Crippen MR) is 403 cm³/mol. The molecule has 14 atom stereocenters. The van der Waals surface area contributed by atoms with Crippen LogP contribution in [0.1, 0.15) is 111 Å². The number of aliphatic carboxylic acids is 1. The fourth-order valence-electron chi connectivity index (χ4n) is 11.4. The van der Waals surface area contributed by atoms with Crippen LogP contribution in [0, 0.1) is 23.2 Å². The van der Waals surface area contributed by atoms with Gasteiger partial charge >= 0.3 is 5.97 Å². The normalized spacial score (nSPS) is 22.9. The molecular weight excluding hydrogens is 1490 g/mol. The maximum atomic E-state index is 14.9. The number of imidazole rings is 2. The van der Waals surface area contributed by atoms with E-state index in [1.807, 2.05) is 0 Å². The van der Waals surface area contributed by atoms with E-state index in [9.17, 15) is 86.9 Å². The zero-order valence-electron chi connectivity index (χ0n) is 62.5. The smallest absolute Gasteiger partial charge is 0.305 e. The van der Waals surface area contributed by atoms with Gasteiger partial charge in [0.05, 0.1) is 38.1 Å². The number of benzene rings is 1. The number of H-pyrrole nitrogens is 3. The van der Waals surface area contributed by atoms with Crippen LogP contribution in [0.5, 0.6) is 0 Å². The third-order valence-corrected chi connectivity index (χ3v) is 19.8. The number of aliphatic hydroxyl groups is 1. The van der Waals surface area contributed by atoms with Crippen LogP contribution in [0.15, 0.2) is 55.5 Å². The number of nitrogens with one attached hydrogen (secondary N) is 18. The Bertz CT molecular complexity index is 3930. The number of primary amides is 2. The van der Waals surface area contributed by atoms with Gasteiger partial charge in [0.1, 0.15) is 72.5 Å². The van der Waals surface area contributed by atoms with Gasteiger partial charge < -0.3 is 117 Å². The van der Waals surface area contributed by atoms with Crippen molar-refractivity contribution in [2.24, 2.45) is 35.0 Å². The summed E-state index contributed by atoms with van der Waals surface area (Å²) in [7, 11) is 1.64. The summed E-state index contributed by atoms with van der Waals surface area (Å²) >= 11 is 0. The van der Waals surface area contributed by atoms with Gasteiger partial charge in [0.15, 0.2) is 5.96 Å². The molecule has 0 saturated carbocycles. The first-order chi connectivity index (χ1) is 52.4. The second-order valence-electron chi connectivity index (χ2n) is 27.3. The van der Waals surface area contributed by atoms with E-state index < -0.39 is 228 Å². The lowest BCUT2D eigenvalue weighted by atomic mass is 9.97. The van der Waals surface area contributed by atoms with Gasteiger partial charge in [-0.05, 0) is 55.6 Å². The van der Waals surface area contributed by atoms with Crippen molar-refractivity contribution in [3.05, 3.63) is 72.5 Å². The van der Waals surface area contributed by atoms with Gasteiger partial charge in [-0.3, -0.25) is 82.1 Å². The molecule has 0 unspecified atom stereocenters. The van der Waals surface area contributed by atoms with Crippen molar-refractivity contribution in [2.75, 3.05) is 24.6 Å². The molecule has 111 heavy (non-hydrogen) atoms. The quantitative estimate of drug-likeness (QED) is 0.0121. The van der Waals surface area contributed by atoms with E-state index >= 15 is 0 Å². The number of aliphatic hydroxyl groups excluding tert-OH is 1. The van der Waals surface area contributed by atoms with Crippen LogP contribution < -0.4 is 91.6 Å². The highest BCUT2D eigenvalue weighted by Gasteiger charge is 2.40. The highest BCUT2D eigenvalue weighted by Crippen LogP contribution is 2.25. The van der Waals surface area contributed by atoms with E-state index in [4.69, 9.17) is 22.6 Å². The van der Waals surface area contributed by atoms with Gasteiger partial charge in [-0.1, -0.05) is 87.8 Å². The molecule has 0 radical (unpaired) electrons. The van der Waals surface area contributed by atoms with Gasteiger partial charge in [0.2, 0.25) is 88.6 Å². The molecule has 3 aromatic heterocycles. The first-order valence-corrected chi connectivity index (χ1v) is 38.1. The lowest BCUT2D eigenvalue weighted by Crippen LogP contribution is -2.62. The molecule has 4 aromatic rings. The molecule has 1 aliphatic rings. The lowest BCUT2D eigenvalue weighted by molar-refractivity contribution is -0.142. The monoisotopic (exact) mass is 1590 g/mol. The molecule has 1 aromatic carbocycles.